The average Bonchev–Trinajstić information content (AvgIpc) is 3.22. The number of nitrogens with zero attached hydrogens (tertiary/aromatic N) is 6. The summed E-state index contributed by atoms with van der Waals surface area (Å²) in [7, 11) is 0. The van der Waals surface area contributed by atoms with Gasteiger partial charge < -0.3 is 14.8 Å². The van der Waals surface area contributed by atoms with E-state index in [1.54, 1.807) is 17.3 Å². The van der Waals surface area contributed by atoms with Gasteiger partial charge in [0.1, 0.15) is 12.7 Å². The van der Waals surface area contributed by atoms with Gasteiger partial charge in [-0.25, -0.2) is 9.97 Å². The molecule has 2 aliphatic heterocycles. The van der Waals surface area contributed by atoms with Gasteiger partial charge in [0.05, 0.1) is 24.1 Å². The molecule has 2 amide bonds. The summed E-state index contributed by atoms with van der Waals surface area (Å²) in [4.78, 5) is 41.5. The van der Waals surface area contributed by atoms with E-state index in [-0.39, 0.29) is 23.3 Å². The van der Waals surface area contributed by atoms with Crippen molar-refractivity contribution in [3.05, 3.63) is 30.4 Å². The average molecular weight is 383 g/mol. The van der Waals surface area contributed by atoms with Crippen LogP contribution >= 0.6 is 0 Å². The van der Waals surface area contributed by atoms with Crippen LogP contribution in [0.3, 0.4) is 0 Å². The predicted molar refractivity (Wildman–Crippen MR) is 98.9 cm³/mol. The van der Waals surface area contributed by atoms with Gasteiger partial charge in [0.15, 0.2) is 0 Å². The third kappa shape index (κ3) is 2.89. The quantitative estimate of drug-likeness (QED) is 0.838. The summed E-state index contributed by atoms with van der Waals surface area (Å²) < 4.78 is 1.68. The molecule has 9 nitrogen and oxygen atoms in total. The highest BCUT2D eigenvalue weighted by Crippen LogP contribution is 2.45. The minimum absolute atomic E-state index is 0.128. The molecule has 3 aliphatic rings. The molecule has 148 valence electrons. The van der Waals surface area contributed by atoms with Gasteiger partial charge in [-0.2, -0.15) is 5.10 Å². The summed E-state index contributed by atoms with van der Waals surface area (Å²) in [6.45, 7) is 2.58. The molecule has 1 saturated heterocycles. The van der Waals surface area contributed by atoms with E-state index < -0.39 is 0 Å². The number of imidazole rings is 1. The van der Waals surface area contributed by atoms with Crippen molar-refractivity contribution in [1.82, 2.24) is 34.5 Å². The number of piperidine rings is 1. The van der Waals surface area contributed by atoms with Crippen molar-refractivity contribution in [3.8, 4) is 0 Å². The van der Waals surface area contributed by atoms with Crippen LogP contribution in [0.1, 0.15) is 43.5 Å². The second kappa shape index (κ2) is 6.72. The Morgan fingerprint density at radius 3 is 2.75 bits per heavy atom. The molecular weight excluding hydrogens is 358 g/mol. The zero-order chi connectivity index (χ0) is 19.1. The number of hydrogen-bond donors (Lipinski definition) is 1. The van der Waals surface area contributed by atoms with Gasteiger partial charge in [-0.05, 0) is 25.7 Å². The lowest BCUT2D eigenvalue weighted by Crippen LogP contribution is -2.59. The van der Waals surface area contributed by atoms with E-state index in [0.717, 1.165) is 50.0 Å². The normalized spacial score (nSPS) is 21.0. The van der Waals surface area contributed by atoms with Crippen LogP contribution in [0.4, 0.5) is 0 Å². The molecule has 2 aromatic rings. The van der Waals surface area contributed by atoms with Gasteiger partial charge >= 0.3 is 0 Å². The van der Waals surface area contributed by atoms with Crippen LogP contribution in [0.15, 0.2) is 19.0 Å². The second-order valence-electron chi connectivity index (χ2n) is 8.06. The van der Waals surface area contributed by atoms with Crippen molar-refractivity contribution in [2.75, 3.05) is 19.6 Å². The number of carbonyl (C=O) groups is 2. The largest absolute Gasteiger partial charge is 0.348 e. The van der Waals surface area contributed by atoms with Crippen molar-refractivity contribution < 1.29 is 9.59 Å². The molecule has 9 heteroatoms. The molecule has 0 radical (unpaired) electrons. The Morgan fingerprint density at radius 2 is 2.04 bits per heavy atom. The molecule has 0 atom stereocenters. The van der Waals surface area contributed by atoms with E-state index in [0.29, 0.717) is 26.1 Å². The van der Waals surface area contributed by atoms with Crippen molar-refractivity contribution in [2.24, 2.45) is 5.92 Å². The number of aromatic nitrogens is 5. The Kier molecular flexibility index (Phi) is 4.17. The van der Waals surface area contributed by atoms with Gasteiger partial charge in [0.2, 0.25) is 11.8 Å². The van der Waals surface area contributed by atoms with E-state index in [9.17, 15) is 9.59 Å². The van der Waals surface area contributed by atoms with Crippen LogP contribution in [0.25, 0.3) is 0 Å². The van der Waals surface area contributed by atoms with Gasteiger partial charge in [-0.3, -0.25) is 14.3 Å². The van der Waals surface area contributed by atoms with Crippen LogP contribution in [0.2, 0.25) is 0 Å². The first-order valence-electron chi connectivity index (χ1n) is 10.1. The summed E-state index contributed by atoms with van der Waals surface area (Å²) >= 11 is 0. The van der Waals surface area contributed by atoms with E-state index in [2.05, 4.69) is 25.0 Å². The number of likely N-dealkylation sites (tertiary alicyclic amines) is 1. The number of nitrogens with one attached hydrogen (secondary N) is 1. The summed E-state index contributed by atoms with van der Waals surface area (Å²) in [6, 6.07) is 0. The molecule has 28 heavy (non-hydrogen) atoms. The lowest BCUT2D eigenvalue weighted by molar-refractivity contribution is -0.145. The summed E-state index contributed by atoms with van der Waals surface area (Å²) in [5.41, 5.74) is 1.80. The maximum Gasteiger partial charge on any atom is 0.226 e. The minimum atomic E-state index is -0.365. The van der Waals surface area contributed by atoms with Crippen molar-refractivity contribution in [3.63, 3.8) is 0 Å². The highest BCUT2D eigenvalue weighted by Gasteiger charge is 2.51. The molecule has 0 unspecified atom stereocenters. The number of fused-ring (bicyclic) bond motifs is 2. The van der Waals surface area contributed by atoms with Crippen LogP contribution in [0.5, 0.6) is 0 Å². The molecular formula is C19H25N7O2. The molecule has 1 aliphatic carbocycles. The number of aromatic amines is 1. The summed E-state index contributed by atoms with van der Waals surface area (Å²) in [5, 5.41) is 4.05. The van der Waals surface area contributed by atoms with E-state index in [1.807, 2.05) is 4.90 Å². The molecule has 1 saturated carbocycles. The number of rotatable bonds is 4. The molecule has 2 fully saturated rings. The first kappa shape index (κ1) is 17.4. The number of carbonyl (C=O) groups excluding carboxylic acids is 2. The van der Waals surface area contributed by atoms with Gasteiger partial charge in [0.25, 0.3) is 0 Å². The molecule has 0 bridgehead atoms. The van der Waals surface area contributed by atoms with Gasteiger partial charge in [0, 0.05) is 44.1 Å². The van der Waals surface area contributed by atoms with Crippen LogP contribution in [-0.2, 0) is 28.1 Å². The highest BCUT2D eigenvalue weighted by atomic mass is 16.2. The van der Waals surface area contributed by atoms with Crippen molar-refractivity contribution in [1.29, 1.82) is 0 Å². The Hall–Kier alpha value is -2.71. The number of H-pyrrole nitrogens is 1. The van der Waals surface area contributed by atoms with Crippen molar-refractivity contribution in [2.45, 2.75) is 50.6 Å². The molecule has 1 spiro atoms. The SMILES string of the molecule is O=C(CCn1cncn1)N1CCC2(CC1)c1nc[nH]c1CCN2C(=O)C1CC1. The highest BCUT2D eigenvalue weighted by molar-refractivity contribution is 5.82. The molecule has 5 rings (SSSR count). The smallest absolute Gasteiger partial charge is 0.226 e. The third-order valence-corrected chi connectivity index (χ3v) is 6.42. The van der Waals surface area contributed by atoms with Gasteiger partial charge in [-0.1, -0.05) is 0 Å². The van der Waals surface area contributed by atoms with Crippen LogP contribution < -0.4 is 0 Å². The lowest BCUT2D eigenvalue weighted by Gasteiger charge is -2.50. The maximum absolute atomic E-state index is 13.0. The fraction of sp³-hybridized carbons (Fsp3) is 0.632. The third-order valence-electron chi connectivity index (χ3n) is 6.42. The Balaban J connectivity index is 1.31. The molecule has 1 N–H and O–H groups in total. The molecule has 0 aromatic carbocycles. The monoisotopic (exact) mass is 383 g/mol. The number of hydrogen-bond acceptors (Lipinski definition) is 5. The van der Waals surface area contributed by atoms with E-state index in [1.165, 1.54) is 6.33 Å². The summed E-state index contributed by atoms with van der Waals surface area (Å²) in [6.07, 6.45) is 9.60. The van der Waals surface area contributed by atoms with Crippen molar-refractivity contribution >= 4 is 11.8 Å². The standard InChI is InChI=1S/C19H25N7O2/c27-16(4-7-25-13-20-11-23-25)24-9-5-19(6-10-24)17-15(21-12-22-17)3-8-26(19)18(28)14-1-2-14/h11-14H,1-10H2,(H,21,22). The maximum atomic E-state index is 13.0. The van der Waals surface area contributed by atoms with E-state index >= 15 is 0 Å². The first-order valence-corrected chi connectivity index (χ1v) is 10.1. The Bertz CT molecular complexity index is 863. The fourth-order valence-corrected chi connectivity index (χ4v) is 4.70. The minimum Gasteiger partial charge on any atom is -0.348 e. The fourth-order valence-electron chi connectivity index (χ4n) is 4.70. The van der Waals surface area contributed by atoms with Crippen LogP contribution in [0, 0.1) is 5.92 Å². The Morgan fingerprint density at radius 1 is 1.21 bits per heavy atom. The second-order valence-corrected chi connectivity index (χ2v) is 8.06. The zero-order valence-corrected chi connectivity index (χ0v) is 15.9. The van der Waals surface area contributed by atoms with Gasteiger partial charge in [-0.15, -0.1) is 0 Å². The topological polar surface area (TPSA) is 100 Å². The Labute approximate surface area is 163 Å². The first-order chi connectivity index (χ1) is 13.7. The number of amides is 2. The van der Waals surface area contributed by atoms with E-state index in [4.69, 9.17) is 0 Å². The summed E-state index contributed by atoms with van der Waals surface area (Å²) in [5.74, 6) is 0.600. The molecule has 4 heterocycles. The predicted octanol–water partition coefficient (Wildman–Crippen LogP) is 0.704. The number of aryl methyl sites for hydroxylation is 1. The van der Waals surface area contributed by atoms with Crippen LogP contribution in [-0.4, -0.2) is 66.0 Å². The lowest BCUT2D eigenvalue weighted by atomic mass is 9.78. The molecule has 2 aromatic heterocycles. The zero-order valence-electron chi connectivity index (χ0n) is 15.9.